The van der Waals surface area contributed by atoms with E-state index in [-0.39, 0.29) is 0 Å². The molecule has 2 nitrogen and oxygen atoms in total. The molecular weight excluding hydrogens is 186 g/mol. The Hall–Kier alpha value is -0.0800. The van der Waals surface area contributed by atoms with Gasteiger partial charge in [-0.05, 0) is 52.5 Å². The van der Waals surface area contributed by atoms with Crippen LogP contribution >= 0.6 is 0 Å². The largest absolute Gasteiger partial charge is 0.374 e. The molecular formula is C13H25NO. The van der Waals surface area contributed by atoms with Gasteiger partial charge in [0.15, 0.2) is 0 Å². The van der Waals surface area contributed by atoms with Crippen molar-refractivity contribution in [3.05, 3.63) is 0 Å². The number of fused-ring (bicyclic) bond motifs is 1. The van der Waals surface area contributed by atoms with E-state index in [1.807, 2.05) is 0 Å². The first-order valence-electron chi connectivity index (χ1n) is 6.45. The lowest BCUT2D eigenvalue weighted by Gasteiger charge is -2.31. The molecule has 0 N–H and O–H groups in total. The molecule has 0 spiro atoms. The number of hydrogen-bond donors (Lipinski definition) is 0. The van der Waals surface area contributed by atoms with Crippen molar-refractivity contribution >= 4 is 0 Å². The van der Waals surface area contributed by atoms with Crippen LogP contribution in [0, 0.1) is 11.8 Å². The van der Waals surface area contributed by atoms with Crippen molar-refractivity contribution in [2.24, 2.45) is 11.8 Å². The van der Waals surface area contributed by atoms with Crippen LogP contribution in [0.5, 0.6) is 0 Å². The maximum atomic E-state index is 5.97. The number of rotatable bonds is 3. The van der Waals surface area contributed by atoms with Gasteiger partial charge in [0.1, 0.15) is 0 Å². The lowest BCUT2D eigenvalue weighted by Crippen LogP contribution is -2.41. The Morgan fingerprint density at radius 1 is 1.20 bits per heavy atom. The normalized spacial score (nSPS) is 38.6. The van der Waals surface area contributed by atoms with Crippen LogP contribution in [0.4, 0.5) is 0 Å². The molecule has 1 aliphatic heterocycles. The van der Waals surface area contributed by atoms with Gasteiger partial charge in [0, 0.05) is 12.6 Å². The zero-order valence-corrected chi connectivity index (χ0v) is 10.6. The molecule has 88 valence electrons. The second-order valence-corrected chi connectivity index (χ2v) is 5.67. The third kappa shape index (κ3) is 2.21. The highest BCUT2D eigenvalue weighted by molar-refractivity contribution is 4.97. The van der Waals surface area contributed by atoms with E-state index < -0.39 is 0 Å². The third-order valence-electron chi connectivity index (χ3n) is 4.16. The third-order valence-corrected chi connectivity index (χ3v) is 4.16. The fraction of sp³-hybridized carbons (Fsp3) is 1.00. The van der Waals surface area contributed by atoms with Gasteiger partial charge in [0.25, 0.3) is 0 Å². The summed E-state index contributed by atoms with van der Waals surface area (Å²) in [6.45, 7) is 7.82. The van der Waals surface area contributed by atoms with E-state index in [1.165, 1.54) is 25.8 Å². The molecule has 0 aromatic heterocycles. The minimum atomic E-state index is 0.355. The van der Waals surface area contributed by atoms with E-state index in [0.717, 1.165) is 11.8 Å². The molecule has 0 radical (unpaired) electrons. The molecule has 1 saturated heterocycles. The first-order valence-corrected chi connectivity index (χ1v) is 6.45. The van der Waals surface area contributed by atoms with Crippen molar-refractivity contribution in [1.82, 2.24) is 4.90 Å². The molecule has 1 heterocycles. The fourth-order valence-electron chi connectivity index (χ4n) is 3.78. The van der Waals surface area contributed by atoms with Crippen LogP contribution in [0.1, 0.15) is 40.0 Å². The van der Waals surface area contributed by atoms with Gasteiger partial charge < -0.3 is 9.64 Å². The highest BCUT2D eigenvalue weighted by Gasteiger charge is 2.45. The summed E-state index contributed by atoms with van der Waals surface area (Å²) in [7, 11) is 2.27. The van der Waals surface area contributed by atoms with Gasteiger partial charge in [0.05, 0.1) is 12.2 Å². The summed E-state index contributed by atoms with van der Waals surface area (Å²) in [5.41, 5.74) is 0. The zero-order chi connectivity index (χ0) is 11.0. The Bertz CT molecular complexity index is 217. The second kappa shape index (κ2) is 4.42. The summed E-state index contributed by atoms with van der Waals surface area (Å²) in [4.78, 5) is 2.53. The summed E-state index contributed by atoms with van der Waals surface area (Å²) in [5.74, 6) is 1.86. The zero-order valence-electron chi connectivity index (χ0n) is 10.6. The number of likely N-dealkylation sites (tertiary alicyclic amines) is 1. The highest BCUT2D eigenvalue weighted by Crippen LogP contribution is 2.43. The first-order chi connectivity index (χ1) is 7.09. The SMILES string of the molecule is CC(C)OC(C)[C@@H]1[C@H]2CCC[C@H]2CN1C. The molecule has 0 aromatic rings. The highest BCUT2D eigenvalue weighted by atomic mass is 16.5. The molecule has 2 aliphatic rings. The Balaban J connectivity index is 2.00. The van der Waals surface area contributed by atoms with Crippen LogP contribution in [0.2, 0.25) is 0 Å². The molecule has 0 aromatic carbocycles. The van der Waals surface area contributed by atoms with Gasteiger partial charge >= 0.3 is 0 Å². The lowest BCUT2D eigenvalue weighted by atomic mass is 9.91. The van der Waals surface area contributed by atoms with Crippen molar-refractivity contribution in [3.63, 3.8) is 0 Å². The summed E-state index contributed by atoms with van der Waals surface area (Å²) < 4.78 is 5.97. The summed E-state index contributed by atoms with van der Waals surface area (Å²) in [6, 6.07) is 0.667. The molecule has 1 unspecified atom stereocenters. The molecule has 0 amide bonds. The molecule has 15 heavy (non-hydrogen) atoms. The topological polar surface area (TPSA) is 12.5 Å². The van der Waals surface area contributed by atoms with Crippen LogP contribution in [0.15, 0.2) is 0 Å². The van der Waals surface area contributed by atoms with E-state index >= 15 is 0 Å². The predicted molar refractivity (Wildman–Crippen MR) is 62.9 cm³/mol. The van der Waals surface area contributed by atoms with Crippen molar-refractivity contribution in [1.29, 1.82) is 0 Å². The van der Waals surface area contributed by atoms with E-state index in [1.54, 1.807) is 0 Å². The van der Waals surface area contributed by atoms with Gasteiger partial charge in [-0.15, -0.1) is 0 Å². The van der Waals surface area contributed by atoms with Crippen LogP contribution in [-0.2, 0) is 4.74 Å². The predicted octanol–water partition coefficient (Wildman–Crippen LogP) is 2.53. The minimum absolute atomic E-state index is 0.355. The lowest BCUT2D eigenvalue weighted by molar-refractivity contribution is -0.0307. The van der Waals surface area contributed by atoms with Crippen LogP contribution < -0.4 is 0 Å². The Morgan fingerprint density at radius 2 is 1.93 bits per heavy atom. The monoisotopic (exact) mass is 211 g/mol. The first kappa shape index (κ1) is 11.4. The van der Waals surface area contributed by atoms with E-state index in [9.17, 15) is 0 Å². The Labute approximate surface area is 94.0 Å². The number of hydrogen-bond acceptors (Lipinski definition) is 2. The molecule has 1 saturated carbocycles. The van der Waals surface area contributed by atoms with Crippen LogP contribution in [0.25, 0.3) is 0 Å². The van der Waals surface area contributed by atoms with Crippen molar-refractivity contribution in [2.45, 2.75) is 58.3 Å². The van der Waals surface area contributed by atoms with Crippen molar-refractivity contribution < 1.29 is 4.74 Å². The van der Waals surface area contributed by atoms with Crippen LogP contribution in [0.3, 0.4) is 0 Å². The van der Waals surface area contributed by atoms with Gasteiger partial charge in [-0.3, -0.25) is 0 Å². The minimum Gasteiger partial charge on any atom is -0.374 e. The molecule has 2 rings (SSSR count). The number of nitrogens with zero attached hydrogens (tertiary/aromatic N) is 1. The maximum Gasteiger partial charge on any atom is 0.0708 e. The Morgan fingerprint density at radius 3 is 2.60 bits per heavy atom. The standard InChI is InChI=1S/C13H25NO/c1-9(2)15-10(3)13-12-7-5-6-11(12)8-14(13)4/h9-13H,5-8H2,1-4H3/t10?,11-,12-,13+/m0/s1. The average Bonchev–Trinajstić information content (AvgIpc) is 2.60. The second-order valence-electron chi connectivity index (χ2n) is 5.67. The van der Waals surface area contributed by atoms with Crippen molar-refractivity contribution in [2.75, 3.05) is 13.6 Å². The van der Waals surface area contributed by atoms with Gasteiger partial charge in [-0.1, -0.05) is 6.42 Å². The van der Waals surface area contributed by atoms with Crippen LogP contribution in [-0.4, -0.2) is 36.7 Å². The summed E-state index contributed by atoms with van der Waals surface area (Å²) in [6.07, 6.45) is 5.05. The molecule has 4 atom stereocenters. The molecule has 1 aliphatic carbocycles. The number of ether oxygens (including phenoxy) is 1. The van der Waals surface area contributed by atoms with Crippen molar-refractivity contribution in [3.8, 4) is 0 Å². The maximum absolute atomic E-state index is 5.97. The Kier molecular flexibility index (Phi) is 3.36. The summed E-state index contributed by atoms with van der Waals surface area (Å²) >= 11 is 0. The molecule has 2 fully saturated rings. The quantitative estimate of drug-likeness (QED) is 0.711. The summed E-state index contributed by atoms with van der Waals surface area (Å²) in [5, 5.41) is 0. The van der Waals surface area contributed by atoms with E-state index in [2.05, 4.69) is 32.7 Å². The number of likely N-dealkylation sites (N-methyl/N-ethyl adjacent to an activating group) is 1. The van der Waals surface area contributed by atoms with Gasteiger partial charge in [-0.2, -0.15) is 0 Å². The van der Waals surface area contributed by atoms with E-state index in [0.29, 0.717) is 18.2 Å². The fourth-order valence-corrected chi connectivity index (χ4v) is 3.78. The van der Waals surface area contributed by atoms with Gasteiger partial charge in [0.2, 0.25) is 0 Å². The molecule has 0 bridgehead atoms. The van der Waals surface area contributed by atoms with Gasteiger partial charge in [-0.25, -0.2) is 0 Å². The molecule has 2 heteroatoms. The average molecular weight is 211 g/mol. The van der Waals surface area contributed by atoms with E-state index in [4.69, 9.17) is 4.74 Å². The smallest absolute Gasteiger partial charge is 0.0708 e.